The standard InChI is InChI=1S/C21H26N10O13P2/c22-20-26-15-11(17(33)28-20)24-5-30(15)10-3-8-7(41-10)1-2-39-45(35,36)44-14-9(4-40-46(37,38)43-8)42-19(13(14)32)31-6-25-12-16(31)27-21(23)29-18(12)34/h5-10,13-14,19,32H,1-4H2,(H,35,36)(H,37,38)(H3,22,26,28,33)(H3,23,27,29,34)/t7-,8?,9-,10-,13+,14?,19-/m1/s1. The van der Waals surface area contributed by atoms with Gasteiger partial charge in [0, 0.05) is 12.8 Å². The second kappa shape index (κ2) is 11.3. The third kappa shape index (κ3) is 5.65. The number of nitrogens with one attached hydrogen (secondary N) is 2. The number of ether oxygens (including phenoxy) is 2. The monoisotopic (exact) mass is 688 g/mol. The van der Waals surface area contributed by atoms with Gasteiger partial charge in [-0.05, 0) is 0 Å². The van der Waals surface area contributed by atoms with Crippen molar-refractivity contribution in [2.24, 2.45) is 0 Å². The number of fused-ring (bicyclic) bond motifs is 4. The van der Waals surface area contributed by atoms with E-state index in [4.69, 9.17) is 39.0 Å². The number of anilines is 2. The fraction of sp³-hybridized carbons (Fsp3) is 0.524. The largest absolute Gasteiger partial charge is 0.472 e. The number of imidazole rings is 2. The first-order valence-corrected chi connectivity index (χ1v) is 16.5. The Kier molecular flexibility index (Phi) is 7.61. The van der Waals surface area contributed by atoms with Crippen molar-refractivity contribution in [3.63, 3.8) is 0 Å². The smallest absolute Gasteiger partial charge is 0.386 e. The van der Waals surface area contributed by atoms with E-state index in [-0.39, 0.29) is 47.1 Å². The van der Waals surface area contributed by atoms with Gasteiger partial charge < -0.3 is 35.8 Å². The van der Waals surface area contributed by atoms with Crippen molar-refractivity contribution < 1.29 is 51.6 Å². The maximum atomic E-state index is 13.1. The molecule has 0 bridgehead atoms. The summed E-state index contributed by atoms with van der Waals surface area (Å²) in [6.45, 7) is -1.25. The molecule has 23 nitrogen and oxygen atoms in total. The van der Waals surface area contributed by atoms with E-state index >= 15 is 0 Å². The molecule has 3 aliphatic rings. The van der Waals surface area contributed by atoms with Crippen molar-refractivity contribution >= 4 is 49.9 Å². The third-order valence-corrected chi connectivity index (χ3v) is 9.59. The van der Waals surface area contributed by atoms with Crippen LogP contribution >= 0.6 is 15.6 Å². The topological polar surface area (TPSA) is 329 Å². The van der Waals surface area contributed by atoms with Gasteiger partial charge in [-0.1, -0.05) is 0 Å². The molecule has 3 aliphatic heterocycles. The highest BCUT2D eigenvalue weighted by atomic mass is 31.2. The predicted molar refractivity (Wildman–Crippen MR) is 149 cm³/mol. The summed E-state index contributed by atoms with van der Waals surface area (Å²) in [5.41, 5.74) is 9.88. The molecule has 0 amide bonds. The molecule has 0 spiro atoms. The lowest BCUT2D eigenvalue weighted by atomic mass is 10.1. The van der Waals surface area contributed by atoms with E-state index in [0.717, 1.165) is 10.9 Å². The molecule has 7 rings (SSSR count). The Labute approximate surface area is 254 Å². The maximum absolute atomic E-state index is 13.1. The van der Waals surface area contributed by atoms with Crippen molar-refractivity contribution in [1.82, 2.24) is 39.0 Å². The molecule has 0 aromatic carbocycles. The summed E-state index contributed by atoms with van der Waals surface area (Å²) >= 11 is 0. The minimum Gasteiger partial charge on any atom is -0.386 e. The number of aromatic nitrogens is 8. The Morgan fingerprint density at radius 1 is 0.848 bits per heavy atom. The first kappa shape index (κ1) is 31.0. The molecule has 3 fully saturated rings. The summed E-state index contributed by atoms with van der Waals surface area (Å²) in [6.07, 6.45) is -7.14. The van der Waals surface area contributed by atoms with Crippen molar-refractivity contribution in [3.8, 4) is 0 Å². The van der Waals surface area contributed by atoms with E-state index in [1.807, 2.05) is 0 Å². The van der Waals surface area contributed by atoms with Crippen molar-refractivity contribution in [2.45, 2.75) is 55.8 Å². The van der Waals surface area contributed by atoms with Crippen LogP contribution < -0.4 is 22.6 Å². The number of nitrogens with zero attached hydrogens (tertiary/aromatic N) is 6. The zero-order valence-electron chi connectivity index (χ0n) is 23.2. The number of hydrogen-bond acceptors (Lipinski definition) is 17. The van der Waals surface area contributed by atoms with Crippen LogP contribution in [0.25, 0.3) is 22.3 Å². The number of aromatic amines is 2. The fourth-order valence-corrected chi connectivity index (χ4v) is 7.50. The molecule has 0 aliphatic carbocycles. The number of nitrogen functional groups attached to an aromatic ring is 2. The van der Waals surface area contributed by atoms with Crippen LogP contribution in [0, 0.1) is 0 Å². The highest BCUT2D eigenvalue weighted by Crippen LogP contribution is 2.53. The zero-order valence-corrected chi connectivity index (χ0v) is 25.0. The van der Waals surface area contributed by atoms with E-state index < -0.39 is 83.0 Å². The molecular formula is C21H26N10O13P2. The van der Waals surface area contributed by atoms with E-state index in [0.29, 0.717) is 0 Å². The lowest BCUT2D eigenvalue weighted by molar-refractivity contribution is -0.0538. The molecule has 4 aromatic heterocycles. The summed E-state index contributed by atoms with van der Waals surface area (Å²) in [7, 11) is -9.82. The number of nitrogens with two attached hydrogens (primary N) is 2. The molecule has 4 aromatic rings. The van der Waals surface area contributed by atoms with Crippen molar-refractivity contribution in [2.75, 3.05) is 24.7 Å². The molecule has 4 unspecified atom stereocenters. The van der Waals surface area contributed by atoms with Crippen LogP contribution in [0.3, 0.4) is 0 Å². The Hall–Kier alpha value is -3.60. The second-order valence-electron chi connectivity index (χ2n) is 10.5. The van der Waals surface area contributed by atoms with Crippen molar-refractivity contribution in [3.05, 3.63) is 33.4 Å². The molecular weight excluding hydrogens is 662 g/mol. The van der Waals surface area contributed by atoms with Gasteiger partial charge in [-0.15, -0.1) is 0 Å². The van der Waals surface area contributed by atoms with E-state index in [1.165, 1.54) is 10.9 Å². The SMILES string of the molecule is Nc1nc2c(ncn2[C@@H]2O[C@@H]3COP(=O)(O)OC4C[C@H](n5cnc6c(=O)[nH]c(N)nc65)O[C@@H]4CCOP(=O)(O)OC3[C@@H]2O)c(=O)[nH]1. The number of rotatable bonds is 2. The van der Waals surface area contributed by atoms with Gasteiger partial charge in [0.15, 0.2) is 28.6 Å². The van der Waals surface area contributed by atoms with E-state index in [9.17, 15) is 33.6 Å². The molecule has 9 atom stereocenters. The van der Waals surface area contributed by atoms with Crippen LogP contribution in [-0.2, 0) is 36.7 Å². The summed E-state index contributed by atoms with van der Waals surface area (Å²) in [6, 6.07) is 0. The molecule has 248 valence electrons. The number of hydrogen-bond donors (Lipinski definition) is 7. The summed E-state index contributed by atoms with van der Waals surface area (Å²) < 4.78 is 61.6. The van der Waals surface area contributed by atoms with Crippen LogP contribution in [0.2, 0.25) is 0 Å². The molecule has 3 saturated heterocycles. The zero-order chi connectivity index (χ0) is 32.5. The van der Waals surface area contributed by atoms with Gasteiger partial charge in [0.2, 0.25) is 11.9 Å². The molecule has 46 heavy (non-hydrogen) atoms. The number of aliphatic hydroxyl groups is 1. The highest BCUT2D eigenvalue weighted by molar-refractivity contribution is 7.47. The Morgan fingerprint density at radius 2 is 1.46 bits per heavy atom. The van der Waals surface area contributed by atoms with Crippen LogP contribution in [0.4, 0.5) is 11.9 Å². The maximum Gasteiger partial charge on any atom is 0.472 e. The lowest BCUT2D eigenvalue weighted by Gasteiger charge is -2.23. The Bertz CT molecular complexity index is 2030. The second-order valence-corrected chi connectivity index (χ2v) is 13.4. The Balaban J connectivity index is 1.15. The Morgan fingerprint density at radius 3 is 2.13 bits per heavy atom. The van der Waals surface area contributed by atoms with Gasteiger partial charge in [-0.2, -0.15) is 9.97 Å². The summed E-state index contributed by atoms with van der Waals surface area (Å²) in [5.74, 6) is -0.432. The lowest BCUT2D eigenvalue weighted by Crippen LogP contribution is -2.36. The van der Waals surface area contributed by atoms with E-state index in [1.54, 1.807) is 0 Å². The van der Waals surface area contributed by atoms with E-state index in [2.05, 4.69) is 29.9 Å². The minimum atomic E-state index is -4.92. The summed E-state index contributed by atoms with van der Waals surface area (Å²) in [5, 5.41) is 11.1. The van der Waals surface area contributed by atoms with Gasteiger partial charge in [0.1, 0.15) is 30.6 Å². The van der Waals surface area contributed by atoms with Gasteiger partial charge >= 0.3 is 15.6 Å². The minimum absolute atomic E-state index is 0.0277. The molecule has 7 heterocycles. The fourth-order valence-electron chi connectivity index (χ4n) is 5.57. The van der Waals surface area contributed by atoms with Crippen LogP contribution in [0.1, 0.15) is 25.3 Å². The third-order valence-electron chi connectivity index (χ3n) is 7.56. The molecule has 0 radical (unpaired) electrons. The first-order chi connectivity index (χ1) is 21.8. The molecule has 0 saturated carbocycles. The normalized spacial score (nSPS) is 35.8. The number of phosphoric ester groups is 2. The van der Waals surface area contributed by atoms with Gasteiger partial charge in [0.25, 0.3) is 11.1 Å². The molecule has 9 N–H and O–H groups in total. The highest BCUT2D eigenvalue weighted by Gasteiger charge is 2.51. The number of phosphoric acid groups is 2. The number of H-pyrrole nitrogens is 2. The quantitative estimate of drug-likeness (QED) is 0.116. The number of aliphatic hydroxyl groups excluding tert-OH is 1. The average molecular weight is 688 g/mol. The van der Waals surface area contributed by atoms with Crippen LogP contribution in [0.5, 0.6) is 0 Å². The predicted octanol–water partition coefficient (Wildman–Crippen LogP) is -1.63. The van der Waals surface area contributed by atoms with Crippen molar-refractivity contribution in [1.29, 1.82) is 0 Å². The summed E-state index contributed by atoms with van der Waals surface area (Å²) in [4.78, 5) is 66.3. The van der Waals surface area contributed by atoms with Gasteiger partial charge in [-0.25, -0.2) is 19.1 Å². The first-order valence-electron chi connectivity index (χ1n) is 13.5. The van der Waals surface area contributed by atoms with Gasteiger partial charge in [-0.3, -0.25) is 46.8 Å². The van der Waals surface area contributed by atoms with Crippen LogP contribution in [0.15, 0.2) is 22.2 Å². The average Bonchev–Trinajstić information content (AvgIpc) is 3.73. The van der Waals surface area contributed by atoms with Gasteiger partial charge in [0.05, 0.1) is 32.0 Å². The molecule has 25 heteroatoms. The van der Waals surface area contributed by atoms with Crippen LogP contribution in [-0.4, -0.2) is 97.7 Å².